The highest BCUT2D eigenvalue weighted by Gasteiger charge is 2.38. The van der Waals surface area contributed by atoms with Crippen LogP contribution in [0, 0.1) is 0 Å². The number of nitrogens with zero attached hydrogens (tertiary/aromatic N) is 5. The molecule has 0 saturated carbocycles. The third-order valence-electron chi connectivity index (χ3n) is 4.42. The van der Waals surface area contributed by atoms with E-state index in [1.165, 1.54) is 11.3 Å². The molecule has 0 atom stereocenters. The van der Waals surface area contributed by atoms with Gasteiger partial charge in [-0.1, -0.05) is 17.0 Å². The summed E-state index contributed by atoms with van der Waals surface area (Å²) in [5.41, 5.74) is 6.91. The monoisotopic (exact) mass is 480 g/mol. The Morgan fingerprint density at radius 3 is 2.29 bits per heavy atom. The second-order valence-corrected chi connectivity index (χ2v) is 9.25. The van der Waals surface area contributed by atoms with E-state index in [4.69, 9.17) is 15.6 Å². The van der Waals surface area contributed by atoms with Gasteiger partial charge in [-0.25, -0.2) is 14.5 Å². The molecule has 3 rings (SSSR count). The minimum atomic E-state index is -5.08. The van der Waals surface area contributed by atoms with E-state index < -0.39 is 17.7 Å². The summed E-state index contributed by atoms with van der Waals surface area (Å²) >= 11 is 3.08. The van der Waals surface area contributed by atoms with Gasteiger partial charge in [0, 0.05) is 18.5 Å². The fraction of sp³-hybridized carbons (Fsp3) is 0.588. The van der Waals surface area contributed by atoms with Crippen LogP contribution in [0.3, 0.4) is 0 Å². The van der Waals surface area contributed by atoms with Gasteiger partial charge in [-0.3, -0.25) is 4.79 Å². The van der Waals surface area contributed by atoms with Crippen molar-refractivity contribution in [2.75, 3.05) is 19.3 Å². The van der Waals surface area contributed by atoms with Crippen LogP contribution in [0.4, 0.5) is 13.2 Å². The molecule has 1 aliphatic heterocycles. The number of halogens is 3. The topological polar surface area (TPSA) is 127 Å². The van der Waals surface area contributed by atoms with Gasteiger partial charge in [0.05, 0.1) is 17.8 Å². The molecule has 0 aromatic carbocycles. The molecule has 0 unspecified atom stereocenters. The number of rotatable bonds is 4. The first-order valence-corrected chi connectivity index (χ1v) is 11.2. The summed E-state index contributed by atoms with van der Waals surface area (Å²) in [4.78, 5) is 27.6. The molecule has 0 spiro atoms. The van der Waals surface area contributed by atoms with Crippen LogP contribution >= 0.6 is 23.1 Å². The third-order valence-corrected chi connectivity index (χ3v) is 6.28. The van der Waals surface area contributed by atoms with Gasteiger partial charge in [0.1, 0.15) is 15.7 Å². The number of carbonyl (C=O) groups is 2. The molecule has 14 heteroatoms. The van der Waals surface area contributed by atoms with Crippen LogP contribution in [-0.4, -0.2) is 67.4 Å². The first kappa shape index (κ1) is 25.1. The summed E-state index contributed by atoms with van der Waals surface area (Å²) in [7, 11) is 0. The van der Waals surface area contributed by atoms with Crippen molar-refractivity contribution in [2.45, 2.75) is 48.8 Å². The molecule has 0 radical (unpaired) electrons. The molecule has 1 aliphatic rings. The zero-order valence-electron chi connectivity index (χ0n) is 17.1. The van der Waals surface area contributed by atoms with Crippen molar-refractivity contribution < 1.29 is 27.9 Å². The van der Waals surface area contributed by atoms with Crippen molar-refractivity contribution in [1.29, 1.82) is 0 Å². The number of carboxylic acid groups (broad SMARTS) is 1. The van der Waals surface area contributed by atoms with Crippen LogP contribution in [0.5, 0.6) is 0 Å². The number of carboxylic acids is 1. The van der Waals surface area contributed by atoms with Crippen molar-refractivity contribution in [1.82, 2.24) is 24.9 Å². The van der Waals surface area contributed by atoms with Gasteiger partial charge in [-0.15, -0.1) is 16.4 Å². The maximum Gasteiger partial charge on any atom is 0.490 e. The molecular formula is C17H23F3N6O3S2. The number of hydrogen-bond acceptors (Lipinski definition) is 8. The lowest BCUT2D eigenvalue weighted by Gasteiger charge is -2.31. The Morgan fingerprint density at radius 2 is 1.87 bits per heavy atom. The van der Waals surface area contributed by atoms with Crippen LogP contribution in [0.2, 0.25) is 0 Å². The molecule has 9 nitrogen and oxygen atoms in total. The number of hydrogen-bond donors (Lipinski definition) is 2. The summed E-state index contributed by atoms with van der Waals surface area (Å²) < 4.78 is 34.5. The summed E-state index contributed by atoms with van der Waals surface area (Å²) in [6, 6.07) is 0.259. The number of thiazole rings is 1. The Kier molecular flexibility index (Phi) is 8.05. The van der Waals surface area contributed by atoms with Gasteiger partial charge in [0.15, 0.2) is 0 Å². The number of aliphatic carboxylic acids is 1. The number of likely N-dealkylation sites (tertiary alicyclic amines) is 1. The molecule has 3 heterocycles. The standard InChI is InChI=1S/C15H22N6OS2.C2HF3O2/c1-15(2,16)12-8-21(19-18-12)10-4-6-20(7-5-10)13(22)11-9-24-14(17-11)23-3;3-2(4,5)1(6)7/h8-10H,4-7,16H2,1-3H3;(H,6,7). The Morgan fingerprint density at radius 1 is 1.29 bits per heavy atom. The van der Waals surface area contributed by atoms with Crippen LogP contribution in [0.1, 0.15) is 48.9 Å². The fourth-order valence-corrected chi connectivity index (χ4v) is 3.93. The maximum absolute atomic E-state index is 12.5. The number of aromatic nitrogens is 4. The van der Waals surface area contributed by atoms with Gasteiger partial charge < -0.3 is 15.7 Å². The highest BCUT2D eigenvalue weighted by molar-refractivity contribution is 8.00. The first-order chi connectivity index (χ1) is 14.3. The Balaban J connectivity index is 0.000000423. The molecule has 2 aromatic heterocycles. The lowest BCUT2D eigenvalue weighted by atomic mass is 10.0. The van der Waals surface area contributed by atoms with Gasteiger partial charge in [-0.2, -0.15) is 13.2 Å². The minimum Gasteiger partial charge on any atom is -0.475 e. The zero-order valence-corrected chi connectivity index (χ0v) is 18.7. The average Bonchev–Trinajstić information content (AvgIpc) is 3.37. The van der Waals surface area contributed by atoms with E-state index in [9.17, 15) is 18.0 Å². The molecule has 2 aromatic rings. The van der Waals surface area contributed by atoms with Crippen LogP contribution in [-0.2, 0) is 10.3 Å². The number of nitrogens with two attached hydrogens (primary N) is 1. The number of thioether (sulfide) groups is 1. The zero-order chi connectivity index (χ0) is 23.4. The lowest BCUT2D eigenvalue weighted by molar-refractivity contribution is -0.192. The van der Waals surface area contributed by atoms with Crippen molar-refractivity contribution >= 4 is 35.0 Å². The lowest BCUT2D eigenvalue weighted by Crippen LogP contribution is -2.39. The predicted octanol–water partition coefficient (Wildman–Crippen LogP) is 2.76. The van der Waals surface area contributed by atoms with Crippen LogP contribution in [0.25, 0.3) is 0 Å². The third kappa shape index (κ3) is 6.90. The van der Waals surface area contributed by atoms with Crippen molar-refractivity contribution in [3.05, 3.63) is 23.0 Å². The number of amides is 1. The van der Waals surface area contributed by atoms with Gasteiger partial charge in [0.2, 0.25) is 0 Å². The molecule has 31 heavy (non-hydrogen) atoms. The van der Waals surface area contributed by atoms with E-state index in [0.717, 1.165) is 22.9 Å². The molecule has 0 bridgehead atoms. The number of carbonyl (C=O) groups excluding carboxylic acids is 1. The van der Waals surface area contributed by atoms with Crippen molar-refractivity contribution in [3.8, 4) is 0 Å². The average molecular weight is 481 g/mol. The van der Waals surface area contributed by atoms with E-state index >= 15 is 0 Å². The van der Waals surface area contributed by atoms with Gasteiger partial charge >= 0.3 is 12.1 Å². The molecule has 172 valence electrons. The maximum atomic E-state index is 12.5. The SMILES string of the molecule is CSc1nc(C(=O)N2CCC(n3cc(C(C)(C)N)nn3)CC2)cs1.O=C(O)C(F)(F)F. The number of piperidine rings is 1. The molecule has 1 fully saturated rings. The van der Waals surface area contributed by atoms with E-state index in [-0.39, 0.29) is 11.9 Å². The first-order valence-electron chi connectivity index (χ1n) is 9.13. The second kappa shape index (κ2) is 9.96. The molecule has 1 amide bonds. The van der Waals surface area contributed by atoms with E-state index in [0.29, 0.717) is 18.8 Å². The largest absolute Gasteiger partial charge is 0.490 e. The molecule has 0 aliphatic carbocycles. The van der Waals surface area contributed by atoms with E-state index in [1.807, 2.05) is 41.3 Å². The minimum absolute atomic E-state index is 0.0207. The van der Waals surface area contributed by atoms with Crippen molar-refractivity contribution in [2.24, 2.45) is 5.73 Å². The van der Waals surface area contributed by atoms with Crippen LogP contribution < -0.4 is 5.73 Å². The fourth-order valence-electron chi connectivity index (χ4n) is 2.70. The van der Waals surface area contributed by atoms with Gasteiger partial charge in [0.25, 0.3) is 5.91 Å². The number of alkyl halides is 3. The van der Waals surface area contributed by atoms with E-state index in [2.05, 4.69) is 15.3 Å². The predicted molar refractivity (Wildman–Crippen MR) is 109 cm³/mol. The highest BCUT2D eigenvalue weighted by Crippen LogP contribution is 2.26. The Hall–Kier alpha value is -2.19. The second-order valence-electron chi connectivity index (χ2n) is 7.33. The summed E-state index contributed by atoms with van der Waals surface area (Å²) in [6.07, 6.45) is 0.527. The Labute approximate surface area is 184 Å². The van der Waals surface area contributed by atoms with Gasteiger partial charge in [-0.05, 0) is 32.9 Å². The summed E-state index contributed by atoms with van der Waals surface area (Å²) in [5, 5.41) is 17.4. The molecular weight excluding hydrogens is 457 g/mol. The van der Waals surface area contributed by atoms with E-state index in [1.54, 1.807) is 11.8 Å². The molecule has 3 N–H and O–H groups in total. The quantitative estimate of drug-likeness (QED) is 0.640. The van der Waals surface area contributed by atoms with Crippen LogP contribution in [0.15, 0.2) is 15.9 Å². The summed E-state index contributed by atoms with van der Waals surface area (Å²) in [5.74, 6) is -2.74. The highest BCUT2D eigenvalue weighted by atomic mass is 32.2. The molecule has 1 saturated heterocycles. The smallest absolute Gasteiger partial charge is 0.475 e. The summed E-state index contributed by atoms with van der Waals surface area (Å²) in [6.45, 7) is 5.24. The normalized spacial score (nSPS) is 15.4. The van der Waals surface area contributed by atoms with Crippen molar-refractivity contribution in [3.63, 3.8) is 0 Å². The Bertz CT molecular complexity index is 902.